The van der Waals surface area contributed by atoms with Crippen LogP contribution in [-0.2, 0) is 6.54 Å². The van der Waals surface area contributed by atoms with Gasteiger partial charge in [0.1, 0.15) is 0 Å². The minimum atomic E-state index is 0.727. The number of piperazine rings is 1. The van der Waals surface area contributed by atoms with Crippen molar-refractivity contribution in [2.45, 2.75) is 31.8 Å². The van der Waals surface area contributed by atoms with Gasteiger partial charge in [-0.05, 0) is 31.4 Å². The molecule has 3 saturated heterocycles. The third-order valence-corrected chi connectivity index (χ3v) is 6.19. The lowest BCUT2D eigenvalue weighted by Gasteiger charge is -2.32. The predicted octanol–water partition coefficient (Wildman–Crippen LogP) is 2.42. The molecule has 1 N–H and O–H groups in total. The first-order valence-corrected chi connectivity index (χ1v) is 9.88. The lowest BCUT2D eigenvalue weighted by atomic mass is 10.1. The third-order valence-electron chi connectivity index (χ3n) is 5.84. The smallest absolute Gasteiger partial charge is 0.0471 e. The highest BCUT2D eigenvalue weighted by atomic mass is 35.5. The molecule has 0 radical (unpaired) electrons. The van der Waals surface area contributed by atoms with Crippen molar-refractivity contribution in [1.29, 1.82) is 0 Å². The van der Waals surface area contributed by atoms with Gasteiger partial charge in [-0.1, -0.05) is 17.7 Å². The van der Waals surface area contributed by atoms with E-state index in [4.69, 9.17) is 11.6 Å². The highest BCUT2D eigenvalue weighted by Gasteiger charge is 2.29. The molecule has 3 aliphatic rings. The van der Waals surface area contributed by atoms with Crippen LogP contribution >= 0.6 is 11.6 Å². The molecule has 0 aromatic heterocycles. The zero-order valence-electron chi connectivity index (χ0n) is 14.5. The Morgan fingerprint density at radius 3 is 2.62 bits per heavy atom. The molecule has 0 spiro atoms. The van der Waals surface area contributed by atoms with Gasteiger partial charge in [0, 0.05) is 81.2 Å². The normalized spacial score (nSPS) is 26.4. The van der Waals surface area contributed by atoms with E-state index in [9.17, 15) is 0 Å². The number of hydrogen-bond acceptors (Lipinski definition) is 4. The Bertz CT molecular complexity index is 552. The predicted molar refractivity (Wildman–Crippen MR) is 101 cm³/mol. The van der Waals surface area contributed by atoms with E-state index in [2.05, 4.69) is 38.2 Å². The summed E-state index contributed by atoms with van der Waals surface area (Å²) in [5.74, 6) is 0. The van der Waals surface area contributed by atoms with Crippen molar-refractivity contribution < 1.29 is 0 Å². The lowest BCUT2D eigenvalue weighted by molar-refractivity contribution is 0.170. The molecule has 3 aliphatic heterocycles. The number of nitrogens with zero attached hydrogens (tertiary/aromatic N) is 3. The Balaban J connectivity index is 1.44. The molecular weight excluding hydrogens is 320 g/mol. The van der Waals surface area contributed by atoms with Crippen LogP contribution in [0.3, 0.4) is 0 Å². The average molecular weight is 349 g/mol. The van der Waals surface area contributed by atoms with E-state index >= 15 is 0 Å². The number of halogens is 1. The van der Waals surface area contributed by atoms with E-state index in [-0.39, 0.29) is 0 Å². The van der Waals surface area contributed by atoms with Crippen molar-refractivity contribution in [3.05, 3.63) is 28.8 Å². The molecule has 0 saturated carbocycles. The molecule has 132 valence electrons. The summed E-state index contributed by atoms with van der Waals surface area (Å²) in [7, 11) is 0. The maximum absolute atomic E-state index is 6.60. The van der Waals surface area contributed by atoms with Gasteiger partial charge in [0.25, 0.3) is 0 Å². The maximum Gasteiger partial charge on any atom is 0.0471 e. The van der Waals surface area contributed by atoms with Gasteiger partial charge < -0.3 is 10.2 Å². The number of anilines is 1. The van der Waals surface area contributed by atoms with Crippen molar-refractivity contribution in [2.75, 3.05) is 57.3 Å². The number of hydrogen-bond donors (Lipinski definition) is 1. The highest BCUT2D eigenvalue weighted by molar-refractivity contribution is 6.31. The second-order valence-corrected chi connectivity index (χ2v) is 7.80. The SMILES string of the molecule is Clc1cccc(N2CCCC2)c1CN1CCC(N2CCNCC2)C1. The summed E-state index contributed by atoms with van der Waals surface area (Å²) in [6.07, 6.45) is 3.91. The van der Waals surface area contributed by atoms with Gasteiger partial charge in [-0.2, -0.15) is 0 Å². The van der Waals surface area contributed by atoms with Crippen molar-refractivity contribution in [2.24, 2.45) is 0 Å². The molecule has 4 rings (SSSR count). The van der Waals surface area contributed by atoms with Crippen LogP contribution in [0.25, 0.3) is 0 Å². The van der Waals surface area contributed by atoms with Crippen LogP contribution in [0.15, 0.2) is 18.2 Å². The first-order chi connectivity index (χ1) is 11.8. The molecule has 4 nitrogen and oxygen atoms in total. The second-order valence-electron chi connectivity index (χ2n) is 7.40. The Labute approximate surface area is 150 Å². The molecule has 1 atom stereocenters. The summed E-state index contributed by atoms with van der Waals surface area (Å²) < 4.78 is 0. The fourth-order valence-electron chi connectivity index (χ4n) is 4.48. The van der Waals surface area contributed by atoms with Crippen LogP contribution in [-0.4, -0.2) is 68.2 Å². The van der Waals surface area contributed by atoms with Crippen LogP contribution in [0.2, 0.25) is 5.02 Å². The summed E-state index contributed by atoms with van der Waals surface area (Å²) in [5.41, 5.74) is 2.70. The minimum Gasteiger partial charge on any atom is -0.371 e. The van der Waals surface area contributed by atoms with Gasteiger partial charge in [0.05, 0.1) is 0 Å². The van der Waals surface area contributed by atoms with E-state index in [0.717, 1.165) is 30.7 Å². The zero-order valence-corrected chi connectivity index (χ0v) is 15.3. The number of rotatable bonds is 4. The van der Waals surface area contributed by atoms with Crippen molar-refractivity contribution in [1.82, 2.24) is 15.1 Å². The molecule has 0 amide bonds. The van der Waals surface area contributed by atoms with Gasteiger partial charge in [-0.3, -0.25) is 9.80 Å². The molecule has 5 heteroatoms. The topological polar surface area (TPSA) is 21.8 Å². The van der Waals surface area contributed by atoms with Crippen LogP contribution in [0.4, 0.5) is 5.69 Å². The molecule has 1 aromatic carbocycles. The molecule has 1 unspecified atom stereocenters. The molecule has 0 bridgehead atoms. The first kappa shape index (κ1) is 16.6. The fourth-order valence-corrected chi connectivity index (χ4v) is 4.71. The molecule has 3 heterocycles. The van der Waals surface area contributed by atoms with Crippen molar-refractivity contribution in [3.63, 3.8) is 0 Å². The van der Waals surface area contributed by atoms with Crippen LogP contribution in [0.5, 0.6) is 0 Å². The first-order valence-electron chi connectivity index (χ1n) is 9.51. The van der Waals surface area contributed by atoms with E-state index in [1.54, 1.807) is 0 Å². The quantitative estimate of drug-likeness (QED) is 0.902. The third kappa shape index (κ3) is 3.57. The Hall–Kier alpha value is -0.810. The fraction of sp³-hybridized carbons (Fsp3) is 0.684. The Morgan fingerprint density at radius 2 is 1.83 bits per heavy atom. The lowest BCUT2D eigenvalue weighted by Crippen LogP contribution is -2.49. The van der Waals surface area contributed by atoms with Crippen LogP contribution < -0.4 is 10.2 Å². The second kappa shape index (κ2) is 7.61. The summed E-state index contributed by atoms with van der Waals surface area (Å²) >= 11 is 6.60. The van der Waals surface area contributed by atoms with Crippen LogP contribution in [0, 0.1) is 0 Å². The standard InChI is InChI=1S/C19H29ClN4/c20-18-4-3-5-19(24-9-1-2-10-24)17(18)15-22-11-6-16(14-22)23-12-7-21-8-13-23/h3-5,16,21H,1-2,6-15H2. The van der Waals surface area contributed by atoms with Crippen molar-refractivity contribution in [3.8, 4) is 0 Å². The van der Waals surface area contributed by atoms with Gasteiger partial charge in [-0.15, -0.1) is 0 Å². The van der Waals surface area contributed by atoms with Crippen LogP contribution in [0.1, 0.15) is 24.8 Å². The Kier molecular flexibility index (Phi) is 5.28. The highest BCUT2D eigenvalue weighted by Crippen LogP contribution is 2.32. The monoisotopic (exact) mass is 348 g/mol. The Morgan fingerprint density at radius 1 is 1.04 bits per heavy atom. The molecular formula is C19H29ClN4. The van der Waals surface area contributed by atoms with Gasteiger partial charge in [0.2, 0.25) is 0 Å². The number of nitrogens with one attached hydrogen (secondary N) is 1. The van der Waals surface area contributed by atoms with Gasteiger partial charge in [0.15, 0.2) is 0 Å². The summed E-state index contributed by atoms with van der Waals surface area (Å²) in [6, 6.07) is 7.15. The van der Waals surface area contributed by atoms with E-state index in [1.807, 2.05) is 0 Å². The molecule has 1 aromatic rings. The number of likely N-dealkylation sites (tertiary alicyclic amines) is 1. The maximum atomic E-state index is 6.60. The van der Waals surface area contributed by atoms with Gasteiger partial charge in [-0.25, -0.2) is 0 Å². The summed E-state index contributed by atoms with van der Waals surface area (Å²) in [6.45, 7) is 10.4. The molecule has 3 fully saturated rings. The largest absolute Gasteiger partial charge is 0.371 e. The minimum absolute atomic E-state index is 0.727. The van der Waals surface area contributed by atoms with Gasteiger partial charge >= 0.3 is 0 Å². The van der Waals surface area contributed by atoms with E-state index < -0.39 is 0 Å². The van der Waals surface area contributed by atoms with Crippen molar-refractivity contribution >= 4 is 17.3 Å². The average Bonchev–Trinajstić information content (AvgIpc) is 3.29. The van der Waals surface area contributed by atoms with E-state index in [0.29, 0.717) is 0 Å². The summed E-state index contributed by atoms with van der Waals surface area (Å²) in [4.78, 5) is 7.79. The molecule has 24 heavy (non-hydrogen) atoms. The summed E-state index contributed by atoms with van der Waals surface area (Å²) in [5, 5.41) is 4.39. The molecule has 0 aliphatic carbocycles. The zero-order chi connectivity index (χ0) is 16.4. The van der Waals surface area contributed by atoms with E-state index in [1.165, 1.54) is 69.8 Å². The number of benzene rings is 1.